The molecule has 0 saturated heterocycles. The van der Waals surface area contributed by atoms with Gasteiger partial charge in [-0.05, 0) is 65.0 Å². The van der Waals surface area contributed by atoms with E-state index in [4.69, 9.17) is 9.15 Å². The van der Waals surface area contributed by atoms with Crippen molar-refractivity contribution >= 4 is 12.1 Å². The van der Waals surface area contributed by atoms with Gasteiger partial charge in [-0.25, -0.2) is 5.43 Å². The van der Waals surface area contributed by atoms with Gasteiger partial charge in [0.05, 0.1) is 12.8 Å². The summed E-state index contributed by atoms with van der Waals surface area (Å²) >= 11 is 0. The molecule has 0 bridgehead atoms. The summed E-state index contributed by atoms with van der Waals surface area (Å²) in [5, 5.41) is 13.6. The summed E-state index contributed by atoms with van der Waals surface area (Å²) in [6.07, 6.45) is 1.58. The number of nitrogens with zero attached hydrogens (tertiary/aromatic N) is 3. The Labute approximate surface area is 175 Å². The minimum Gasteiger partial charge on any atom is -0.494 e. The summed E-state index contributed by atoms with van der Waals surface area (Å²) in [7, 11) is 0. The van der Waals surface area contributed by atoms with Gasteiger partial charge in [0.2, 0.25) is 5.88 Å². The molecule has 0 aliphatic carbocycles. The second-order valence-electron chi connectivity index (χ2n) is 6.89. The van der Waals surface area contributed by atoms with Crippen molar-refractivity contribution in [3.63, 3.8) is 0 Å². The Morgan fingerprint density at radius 3 is 2.60 bits per heavy atom. The van der Waals surface area contributed by atoms with Crippen LogP contribution in [0.25, 0.3) is 5.88 Å². The Kier molecular flexibility index (Phi) is 6.07. The van der Waals surface area contributed by atoms with Gasteiger partial charge in [-0.1, -0.05) is 0 Å². The van der Waals surface area contributed by atoms with Crippen LogP contribution >= 0.6 is 0 Å². The minimum atomic E-state index is -0.313. The Morgan fingerprint density at radius 1 is 1.27 bits per heavy atom. The average Bonchev–Trinajstić information content (AvgIpc) is 3.16. The van der Waals surface area contributed by atoms with E-state index in [0.29, 0.717) is 35.1 Å². The smallest absolute Gasteiger partial charge is 0.271 e. The number of rotatable bonds is 6. The topological polar surface area (TPSA) is 92.5 Å². The molecule has 0 atom stereocenters. The van der Waals surface area contributed by atoms with Crippen molar-refractivity contribution in [3.05, 3.63) is 69.7 Å². The molecule has 0 spiro atoms. The van der Waals surface area contributed by atoms with Gasteiger partial charge in [0.25, 0.3) is 5.91 Å². The molecule has 0 aliphatic rings. The van der Waals surface area contributed by atoms with Crippen LogP contribution in [0.4, 0.5) is 0 Å². The molecule has 0 fully saturated rings. The summed E-state index contributed by atoms with van der Waals surface area (Å²) < 4.78 is 13.1. The monoisotopic (exact) mass is 404 g/mol. The van der Waals surface area contributed by atoms with Crippen molar-refractivity contribution in [1.29, 1.82) is 5.26 Å². The fourth-order valence-electron chi connectivity index (χ4n) is 3.22. The first-order valence-corrected chi connectivity index (χ1v) is 9.63. The molecule has 0 radical (unpaired) electrons. The van der Waals surface area contributed by atoms with Gasteiger partial charge >= 0.3 is 0 Å². The number of benzene rings is 1. The van der Waals surface area contributed by atoms with Crippen molar-refractivity contribution in [2.45, 2.75) is 34.6 Å². The second kappa shape index (κ2) is 8.70. The van der Waals surface area contributed by atoms with Gasteiger partial charge in [0, 0.05) is 28.1 Å². The maximum absolute atomic E-state index is 12.3. The van der Waals surface area contributed by atoms with E-state index < -0.39 is 0 Å². The predicted octanol–water partition coefficient (Wildman–Crippen LogP) is 4.34. The highest BCUT2D eigenvalue weighted by atomic mass is 16.5. The number of aromatic nitrogens is 1. The van der Waals surface area contributed by atoms with Crippen molar-refractivity contribution in [1.82, 2.24) is 9.99 Å². The number of hydrogen-bond acceptors (Lipinski definition) is 5. The summed E-state index contributed by atoms with van der Waals surface area (Å²) in [5.74, 6) is 1.62. The highest BCUT2D eigenvalue weighted by Crippen LogP contribution is 2.28. The highest BCUT2D eigenvalue weighted by molar-refractivity contribution is 5.95. The first-order chi connectivity index (χ1) is 14.4. The van der Waals surface area contributed by atoms with Crippen molar-refractivity contribution in [3.8, 4) is 17.7 Å². The number of carbonyl (C=O) groups excluding carboxylic acids is 1. The first kappa shape index (κ1) is 20.9. The van der Waals surface area contributed by atoms with E-state index in [1.54, 1.807) is 30.5 Å². The zero-order valence-electron chi connectivity index (χ0n) is 17.7. The van der Waals surface area contributed by atoms with Crippen LogP contribution in [-0.4, -0.2) is 23.3 Å². The van der Waals surface area contributed by atoms with Crippen LogP contribution in [0.1, 0.15) is 51.1 Å². The molecule has 0 saturated carbocycles. The normalized spacial score (nSPS) is 10.9. The van der Waals surface area contributed by atoms with Gasteiger partial charge in [-0.3, -0.25) is 9.36 Å². The van der Waals surface area contributed by atoms with Crippen LogP contribution in [0.15, 0.2) is 39.9 Å². The van der Waals surface area contributed by atoms with Crippen LogP contribution in [-0.2, 0) is 0 Å². The standard InChI is InChI=1S/C23H24N4O3/c1-6-29-20-9-7-18(8-10-20)22(28)26-25-13-19-11-14(2)27(16(19)4)23-21(12-24)15(3)17(5)30-23/h7-11,13H,6H2,1-5H3,(H,26,28)/b25-13+. The van der Waals surface area contributed by atoms with Crippen LogP contribution in [0, 0.1) is 39.0 Å². The molecule has 1 N–H and O–H groups in total. The van der Waals surface area contributed by atoms with E-state index in [9.17, 15) is 10.1 Å². The van der Waals surface area contributed by atoms with Gasteiger partial charge in [-0.2, -0.15) is 10.4 Å². The number of aryl methyl sites for hydroxylation is 2. The SMILES string of the molecule is CCOc1ccc(C(=O)N/N=C/c2cc(C)n(-c3oc(C)c(C)c3C#N)c2C)cc1. The average molecular weight is 404 g/mol. The Hall–Kier alpha value is -3.79. The number of nitriles is 1. The van der Waals surface area contributed by atoms with Crippen molar-refractivity contribution in [2.75, 3.05) is 6.61 Å². The van der Waals surface area contributed by atoms with Crippen LogP contribution in [0.5, 0.6) is 5.75 Å². The molecule has 2 heterocycles. The molecule has 3 rings (SSSR count). The third kappa shape index (κ3) is 3.98. The Bertz CT molecular complexity index is 1140. The lowest BCUT2D eigenvalue weighted by atomic mass is 10.2. The molecule has 7 nitrogen and oxygen atoms in total. The highest BCUT2D eigenvalue weighted by Gasteiger charge is 2.20. The number of hydrazone groups is 1. The second-order valence-corrected chi connectivity index (χ2v) is 6.89. The molecule has 0 aliphatic heterocycles. The Balaban J connectivity index is 1.79. The van der Waals surface area contributed by atoms with Gasteiger partial charge in [0.1, 0.15) is 23.1 Å². The fourth-order valence-corrected chi connectivity index (χ4v) is 3.22. The lowest BCUT2D eigenvalue weighted by Crippen LogP contribution is -2.17. The number of ether oxygens (including phenoxy) is 1. The summed E-state index contributed by atoms with van der Waals surface area (Å²) in [6.45, 7) is 10.0. The van der Waals surface area contributed by atoms with Gasteiger partial charge in [-0.15, -0.1) is 0 Å². The maximum Gasteiger partial charge on any atom is 0.271 e. The molecule has 0 unspecified atom stereocenters. The largest absolute Gasteiger partial charge is 0.494 e. The van der Waals surface area contributed by atoms with E-state index in [2.05, 4.69) is 16.6 Å². The zero-order chi connectivity index (χ0) is 21.8. The van der Waals surface area contributed by atoms with Crippen LogP contribution in [0.2, 0.25) is 0 Å². The number of furan rings is 1. The minimum absolute atomic E-state index is 0.313. The third-order valence-corrected chi connectivity index (χ3v) is 4.95. The summed E-state index contributed by atoms with van der Waals surface area (Å²) in [5.41, 5.74) is 6.94. The van der Waals surface area contributed by atoms with E-state index in [1.165, 1.54) is 0 Å². The molecule has 1 amide bonds. The third-order valence-electron chi connectivity index (χ3n) is 4.95. The van der Waals surface area contributed by atoms with Crippen LogP contribution < -0.4 is 10.2 Å². The lowest BCUT2D eigenvalue weighted by molar-refractivity contribution is 0.0955. The van der Waals surface area contributed by atoms with E-state index in [-0.39, 0.29) is 5.91 Å². The number of nitrogens with one attached hydrogen (secondary N) is 1. The summed E-state index contributed by atoms with van der Waals surface area (Å²) in [4.78, 5) is 12.3. The van der Waals surface area contributed by atoms with Gasteiger partial charge < -0.3 is 9.15 Å². The quantitative estimate of drug-likeness (QED) is 0.489. The molecular formula is C23H24N4O3. The predicted molar refractivity (Wildman–Crippen MR) is 114 cm³/mol. The summed E-state index contributed by atoms with van der Waals surface area (Å²) in [6, 6.07) is 11.0. The molecule has 3 aromatic rings. The molecule has 2 aromatic heterocycles. The number of amides is 1. The zero-order valence-corrected chi connectivity index (χ0v) is 17.7. The van der Waals surface area contributed by atoms with E-state index in [0.717, 1.165) is 22.5 Å². The molecule has 30 heavy (non-hydrogen) atoms. The van der Waals surface area contributed by atoms with E-state index >= 15 is 0 Å². The van der Waals surface area contributed by atoms with E-state index in [1.807, 2.05) is 45.3 Å². The fraction of sp³-hybridized carbons (Fsp3) is 0.261. The molecule has 1 aromatic carbocycles. The molecule has 7 heteroatoms. The van der Waals surface area contributed by atoms with Crippen molar-refractivity contribution in [2.24, 2.45) is 5.10 Å². The number of carbonyl (C=O) groups is 1. The first-order valence-electron chi connectivity index (χ1n) is 9.63. The lowest BCUT2D eigenvalue weighted by Gasteiger charge is -2.06. The number of hydrogen-bond donors (Lipinski definition) is 1. The van der Waals surface area contributed by atoms with Crippen molar-refractivity contribution < 1.29 is 13.9 Å². The molecular weight excluding hydrogens is 380 g/mol. The maximum atomic E-state index is 12.3. The van der Waals surface area contributed by atoms with Crippen LogP contribution in [0.3, 0.4) is 0 Å². The Morgan fingerprint density at radius 2 is 1.97 bits per heavy atom. The van der Waals surface area contributed by atoms with Gasteiger partial charge in [0.15, 0.2) is 0 Å². The molecule has 154 valence electrons.